The molecule has 0 fully saturated rings. The van der Waals surface area contributed by atoms with Crippen molar-refractivity contribution in [2.45, 2.75) is 46.0 Å². The molecule has 0 aliphatic carbocycles. The predicted octanol–water partition coefficient (Wildman–Crippen LogP) is 6.45. The lowest BCUT2D eigenvalue weighted by atomic mass is 9.89. The van der Waals surface area contributed by atoms with E-state index in [2.05, 4.69) is 19.9 Å². The molecule has 1 unspecified atom stereocenters. The Bertz CT molecular complexity index is 1170. The van der Waals surface area contributed by atoms with Crippen LogP contribution < -0.4 is 0 Å². The molecule has 2 amide bonds. The van der Waals surface area contributed by atoms with Gasteiger partial charge >= 0.3 is 0 Å². The van der Waals surface area contributed by atoms with E-state index in [1.807, 2.05) is 42.5 Å². The lowest BCUT2D eigenvalue weighted by Crippen LogP contribution is -2.43. The first kappa shape index (κ1) is 21.3. The molecule has 0 saturated carbocycles. The van der Waals surface area contributed by atoms with Crippen LogP contribution in [0.4, 0.5) is 0 Å². The molecule has 1 aromatic heterocycles. The number of thiophene rings is 1. The molecule has 1 aliphatic heterocycles. The van der Waals surface area contributed by atoms with Gasteiger partial charge in [0, 0.05) is 32.8 Å². The van der Waals surface area contributed by atoms with Gasteiger partial charge < -0.3 is 0 Å². The third kappa shape index (κ3) is 3.88. The number of nitrogens with zero attached hydrogens (tertiary/aromatic N) is 2. The van der Waals surface area contributed by atoms with Crippen LogP contribution in [0.15, 0.2) is 42.5 Å². The van der Waals surface area contributed by atoms with E-state index in [1.165, 1.54) is 4.90 Å². The van der Waals surface area contributed by atoms with Gasteiger partial charge in [-0.3, -0.25) is 14.5 Å². The molecule has 2 aromatic carbocycles. The van der Waals surface area contributed by atoms with Gasteiger partial charge in [0.05, 0.1) is 12.5 Å². The van der Waals surface area contributed by atoms with E-state index in [9.17, 15) is 9.59 Å². The van der Waals surface area contributed by atoms with Crippen LogP contribution >= 0.6 is 11.3 Å². The monoisotopic (exact) mass is 430 g/mol. The number of carbonyl (C=O) groups is 2. The van der Waals surface area contributed by atoms with E-state index in [0.717, 1.165) is 51.8 Å². The highest BCUT2D eigenvalue weighted by Gasteiger charge is 2.34. The number of benzene rings is 2. The van der Waals surface area contributed by atoms with Gasteiger partial charge in [-0.05, 0) is 47.6 Å². The highest BCUT2D eigenvalue weighted by Crippen LogP contribution is 2.39. The first-order valence-electron chi connectivity index (χ1n) is 11.0. The average molecular weight is 431 g/mol. The van der Waals surface area contributed by atoms with E-state index in [-0.39, 0.29) is 11.8 Å². The minimum Gasteiger partial charge on any atom is -0.274 e. The smallest absolute Gasteiger partial charge is 0.261 e. The Morgan fingerprint density at radius 1 is 1.00 bits per heavy atom. The maximum absolute atomic E-state index is 13.3. The molecule has 1 aliphatic rings. The summed E-state index contributed by atoms with van der Waals surface area (Å²) in [6, 6.07) is 15.7. The summed E-state index contributed by atoms with van der Waals surface area (Å²) < 4.78 is 0. The normalized spacial score (nSPS) is 14.2. The van der Waals surface area contributed by atoms with Crippen molar-refractivity contribution in [3.63, 3.8) is 0 Å². The number of unbranched alkanes of at least 4 members (excludes halogenated alkanes) is 1. The second-order valence-corrected chi connectivity index (χ2v) is 9.30. The molecule has 2 heterocycles. The van der Waals surface area contributed by atoms with E-state index in [0.29, 0.717) is 30.0 Å². The third-order valence-electron chi connectivity index (χ3n) is 6.16. The van der Waals surface area contributed by atoms with Crippen molar-refractivity contribution in [3.8, 4) is 16.5 Å². The highest BCUT2D eigenvalue weighted by molar-refractivity contribution is 7.15. The molecular formula is C26H26N2O2S. The number of hydrogen-bond donors (Lipinski definition) is 0. The van der Waals surface area contributed by atoms with Crippen molar-refractivity contribution < 1.29 is 9.59 Å². The first-order chi connectivity index (χ1) is 15.1. The molecule has 31 heavy (non-hydrogen) atoms. The van der Waals surface area contributed by atoms with Gasteiger partial charge in [0.25, 0.3) is 11.8 Å². The van der Waals surface area contributed by atoms with Gasteiger partial charge in [-0.15, -0.1) is 11.3 Å². The summed E-state index contributed by atoms with van der Waals surface area (Å²) in [6.07, 6.45) is 4.59. The van der Waals surface area contributed by atoms with Crippen molar-refractivity contribution in [2.24, 2.45) is 5.92 Å². The lowest BCUT2D eigenvalue weighted by molar-refractivity contribution is 0.0580. The van der Waals surface area contributed by atoms with Crippen molar-refractivity contribution in [3.05, 3.63) is 58.5 Å². The van der Waals surface area contributed by atoms with Crippen LogP contribution in [0.25, 0.3) is 21.2 Å². The zero-order chi connectivity index (χ0) is 22.0. The van der Waals surface area contributed by atoms with E-state index in [4.69, 9.17) is 5.26 Å². The summed E-state index contributed by atoms with van der Waals surface area (Å²) in [4.78, 5) is 30.2. The maximum atomic E-state index is 13.3. The Hall–Kier alpha value is -2.97. The fraction of sp³-hybridized carbons (Fsp3) is 0.346. The third-order valence-corrected chi connectivity index (χ3v) is 7.27. The number of amides is 2. The van der Waals surface area contributed by atoms with Crippen molar-refractivity contribution in [2.75, 3.05) is 6.54 Å². The fourth-order valence-electron chi connectivity index (χ4n) is 4.40. The molecule has 5 heteroatoms. The number of carbonyl (C=O) groups excluding carboxylic acids is 2. The summed E-state index contributed by atoms with van der Waals surface area (Å²) in [7, 11) is 0. The quantitative estimate of drug-likeness (QED) is 0.386. The Morgan fingerprint density at radius 3 is 2.45 bits per heavy atom. The van der Waals surface area contributed by atoms with Gasteiger partial charge in [-0.2, -0.15) is 5.26 Å². The zero-order valence-corrected chi connectivity index (χ0v) is 18.8. The Balaban J connectivity index is 1.76. The van der Waals surface area contributed by atoms with Gasteiger partial charge in [-0.1, -0.05) is 51.3 Å². The van der Waals surface area contributed by atoms with Crippen LogP contribution in [0.3, 0.4) is 0 Å². The predicted molar refractivity (Wildman–Crippen MR) is 125 cm³/mol. The summed E-state index contributed by atoms with van der Waals surface area (Å²) in [5.41, 5.74) is 2.21. The highest BCUT2D eigenvalue weighted by atomic mass is 32.1. The molecular weight excluding hydrogens is 404 g/mol. The second-order valence-electron chi connectivity index (χ2n) is 8.13. The Morgan fingerprint density at radius 2 is 1.74 bits per heavy atom. The molecule has 0 bridgehead atoms. The van der Waals surface area contributed by atoms with Crippen molar-refractivity contribution in [1.29, 1.82) is 5.26 Å². The molecule has 1 atom stereocenters. The Kier molecular flexibility index (Phi) is 6.20. The van der Waals surface area contributed by atoms with Crippen LogP contribution in [0.2, 0.25) is 0 Å². The number of imide groups is 1. The largest absolute Gasteiger partial charge is 0.274 e. The van der Waals surface area contributed by atoms with Gasteiger partial charge in [0.15, 0.2) is 0 Å². The number of hydrogen-bond acceptors (Lipinski definition) is 4. The van der Waals surface area contributed by atoms with Crippen molar-refractivity contribution >= 4 is 33.9 Å². The maximum Gasteiger partial charge on any atom is 0.261 e. The van der Waals surface area contributed by atoms with Gasteiger partial charge in [-0.25, -0.2) is 0 Å². The number of rotatable bonds is 8. The second kappa shape index (κ2) is 9.03. The van der Waals surface area contributed by atoms with Crippen LogP contribution in [-0.4, -0.2) is 23.3 Å². The molecule has 4 nitrogen and oxygen atoms in total. The zero-order valence-electron chi connectivity index (χ0n) is 18.0. The van der Waals surface area contributed by atoms with Crippen LogP contribution in [0, 0.1) is 17.2 Å². The van der Waals surface area contributed by atoms with Crippen LogP contribution in [0.5, 0.6) is 0 Å². The van der Waals surface area contributed by atoms with Gasteiger partial charge in [0.1, 0.15) is 0 Å². The van der Waals surface area contributed by atoms with E-state index in [1.54, 1.807) is 11.3 Å². The molecule has 0 spiro atoms. The summed E-state index contributed by atoms with van der Waals surface area (Å²) in [5.74, 6) is -0.0457. The SMILES string of the molecule is CCCCC(CC)CN1C(=O)c2cccc3c(-c4ccc(CC#N)s4)ccc(c23)C1=O. The summed E-state index contributed by atoms with van der Waals surface area (Å²) >= 11 is 1.58. The molecule has 3 aromatic rings. The minimum absolute atomic E-state index is 0.188. The fourth-order valence-corrected chi connectivity index (χ4v) is 5.38. The van der Waals surface area contributed by atoms with Crippen LogP contribution in [-0.2, 0) is 6.42 Å². The Labute approximate surface area is 187 Å². The number of nitriles is 1. The topological polar surface area (TPSA) is 61.2 Å². The van der Waals surface area contributed by atoms with E-state index < -0.39 is 0 Å². The molecule has 158 valence electrons. The molecule has 0 radical (unpaired) electrons. The summed E-state index contributed by atoms with van der Waals surface area (Å²) in [5, 5.41) is 10.6. The first-order valence-corrected chi connectivity index (χ1v) is 11.8. The summed E-state index contributed by atoms with van der Waals surface area (Å²) in [6.45, 7) is 4.77. The van der Waals surface area contributed by atoms with Crippen molar-refractivity contribution in [1.82, 2.24) is 4.90 Å². The molecule has 0 N–H and O–H groups in total. The standard InChI is InChI=1S/C26H26N2O2S/c1-3-5-7-17(4-2)16-28-25(29)21-9-6-8-20-19(11-12-22(24(20)21)26(28)30)23-13-10-18(31-23)14-15-27/h6,8-13,17H,3-5,7,14,16H2,1-2H3. The average Bonchev–Trinajstić information content (AvgIpc) is 3.25. The van der Waals surface area contributed by atoms with Gasteiger partial charge in [0.2, 0.25) is 0 Å². The lowest BCUT2D eigenvalue weighted by Gasteiger charge is -2.30. The van der Waals surface area contributed by atoms with E-state index >= 15 is 0 Å². The molecule has 0 saturated heterocycles. The van der Waals surface area contributed by atoms with Crippen LogP contribution in [0.1, 0.15) is 65.1 Å². The molecule has 4 rings (SSSR count). The minimum atomic E-state index is -0.188.